The van der Waals surface area contributed by atoms with Crippen LogP contribution in [0.4, 0.5) is 0 Å². The van der Waals surface area contributed by atoms with E-state index in [0.717, 1.165) is 18.4 Å². The lowest BCUT2D eigenvalue weighted by Gasteiger charge is -2.42. The molecule has 0 aromatic heterocycles. The van der Waals surface area contributed by atoms with E-state index in [1.165, 1.54) is 0 Å². The number of carbonyl (C=O) groups excluding carboxylic acids is 2. The van der Waals surface area contributed by atoms with E-state index in [4.69, 9.17) is 0 Å². The van der Waals surface area contributed by atoms with Crippen LogP contribution < -0.4 is 0 Å². The Kier molecular flexibility index (Phi) is 1.69. The summed E-state index contributed by atoms with van der Waals surface area (Å²) in [5, 5.41) is 0. The van der Waals surface area contributed by atoms with Gasteiger partial charge in [0.2, 0.25) is 0 Å². The van der Waals surface area contributed by atoms with Crippen LogP contribution in [-0.4, -0.2) is 11.6 Å². The molecule has 0 radical (unpaired) electrons. The molecular formula is C11H14O2. The summed E-state index contributed by atoms with van der Waals surface area (Å²) in [7, 11) is 0. The first-order chi connectivity index (χ1) is 6.03. The molecular weight excluding hydrogens is 164 g/mol. The molecule has 0 amide bonds. The second-order valence-electron chi connectivity index (χ2n) is 4.49. The van der Waals surface area contributed by atoms with Crippen molar-refractivity contribution in [2.75, 3.05) is 0 Å². The van der Waals surface area contributed by atoms with Gasteiger partial charge in [-0.1, -0.05) is 13.0 Å². The van der Waals surface area contributed by atoms with Crippen molar-refractivity contribution in [1.29, 1.82) is 0 Å². The first-order valence-corrected chi connectivity index (χ1v) is 4.79. The second-order valence-corrected chi connectivity index (χ2v) is 4.49. The van der Waals surface area contributed by atoms with Crippen LogP contribution in [0.3, 0.4) is 0 Å². The molecule has 2 heteroatoms. The number of rotatable bonds is 1. The highest BCUT2D eigenvalue weighted by Gasteiger charge is 2.44. The summed E-state index contributed by atoms with van der Waals surface area (Å²) in [6, 6.07) is 0. The van der Waals surface area contributed by atoms with E-state index in [2.05, 4.69) is 0 Å². The van der Waals surface area contributed by atoms with Crippen molar-refractivity contribution in [2.45, 2.75) is 33.1 Å². The van der Waals surface area contributed by atoms with Crippen molar-refractivity contribution >= 4 is 11.6 Å². The summed E-state index contributed by atoms with van der Waals surface area (Å²) in [5.74, 6) is 0.499. The van der Waals surface area contributed by atoms with Crippen molar-refractivity contribution in [3.63, 3.8) is 0 Å². The number of allylic oxidation sites excluding steroid dienone is 2. The molecule has 3 aliphatic carbocycles. The van der Waals surface area contributed by atoms with Gasteiger partial charge >= 0.3 is 0 Å². The number of hydrogen-bond donors (Lipinski definition) is 0. The molecule has 1 saturated carbocycles. The smallest absolute Gasteiger partial charge is 0.156 e. The fourth-order valence-corrected chi connectivity index (χ4v) is 2.59. The average molecular weight is 178 g/mol. The summed E-state index contributed by atoms with van der Waals surface area (Å²) < 4.78 is 0. The van der Waals surface area contributed by atoms with Gasteiger partial charge in [-0.2, -0.15) is 0 Å². The lowest BCUT2D eigenvalue weighted by Crippen LogP contribution is -2.40. The van der Waals surface area contributed by atoms with Crippen LogP contribution in [0.1, 0.15) is 33.1 Å². The molecule has 2 nitrogen and oxygen atoms in total. The quantitative estimate of drug-likeness (QED) is 0.614. The summed E-state index contributed by atoms with van der Waals surface area (Å²) >= 11 is 0. The Hall–Kier alpha value is -0.920. The van der Waals surface area contributed by atoms with Crippen molar-refractivity contribution in [3.05, 3.63) is 11.6 Å². The Bertz CT molecular complexity index is 314. The summed E-state index contributed by atoms with van der Waals surface area (Å²) in [5.41, 5.74) is 0.751. The molecule has 0 saturated heterocycles. The minimum atomic E-state index is -0.141. The van der Waals surface area contributed by atoms with Crippen molar-refractivity contribution in [1.82, 2.24) is 0 Å². The van der Waals surface area contributed by atoms with Crippen molar-refractivity contribution < 1.29 is 9.59 Å². The Morgan fingerprint density at radius 3 is 2.77 bits per heavy atom. The second kappa shape index (κ2) is 2.53. The fraction of sp³-hybridized carbons (Fsp3) is 0.636. The number of Topliss-reactive ketones (excluding diaryl/α,β-unsaturated/α-hetero) is 2. The number of hydrogen-bond acceptors (Lipinski definition) is 2. The molecule has 3 aliphatic rings. The maximum atomic E-state index is 11.5. The fourth-order valence-electron chi connectivity index (χ4n) is 2.59. The zero-order chi connectivity index (χ0) is 9.64. The molecule has 3 rings (SSSR count). The minimum absolute atomic E-state index is 0.0423. The Balaban J connectivity index is 2.45. The summed E-state index contributed by atoms with van der Waals surface area (Å²) in [4.78, 5) is 22.8. The summed E-state index contributed by atoms with van der Waals surface area (Å²) in [6.45, 7) is 3.63. The van der Waals surface area contributed by atoms with Crippen molar-refractivity contribution in [3.8, 4) is 0 Å². The highest BCUT2D eigenvalue weighted by molar-refractivity contribution is 5.99. The van der Waals surface area contributed by atoms with Gasteiger partial charge < -0.3 is 0 Å². The maximum Gasteiger partial charge on any atom is 0.156 e. The normalized spacial score (nSPS) is 37.5. The van der Waals surface area contributed by atoms with E-state index in [0.29, 0.717) is 12.2 Å². The first kappa shape index (κ1) is 8.67. The average Bonchev–Trinajstić information content (AvgIpc) is 2.02. The van der Waals surface area contributed by atoms with Gasteiger partial charge in [-0.25, -0.2) is 0 Å². The SMILES string of the molecule is CC(=O)C1=CC2CCC1(C)CC2=O. The third kappa shape index (κ3) is 1.16. The third-order valence-corrected chi connectivity index (χ3v) is 3.38. The number of carbonyl (C=O) groups is 2. The van der Waals surface area contributed by atoms with E-state index in [1.807, 2.05) is 13.0 Å². The lowest BCUT2D eigenvalue weighted by molar-refractivity contribution is -0.127. The van der Waals surface area contributed by atoms with Crippen LogP contribution in [0.25, 0.3) is 0 Å². The van der Waals surface area contributed by atoms with Gasteiger partial charge in [-0.3, -0.25) is 9.59 Å². The van der Waals surface area contributed by atoms with Gasteiger partial charge in [0.25, 0.3) is 0 Å². The molecule has 70 valence electrons. The Labute approximate surface area is 78.0 Å². The van der Waals surface area contributed by atoms with Gasteiger partial charge in [-0.15, -0.1) is 0 Å². The predicted octanol–water partition coefficient (Wildman–Crippen LogP) is 1.89. The van der Waals surface area contributed by atoms with Gasteiger partial charge in [-0.05, 0) is 25.3 Å². The highest BCUT2D eigenvalue weighted by atomic mass is 16.1. The van der Waals surface area contributed by atoms with E-state index < -0.39 is 0 Å². The molecule has 13 heavy (non-hydrogen) atoms. The number of ketones is 2. The first-order valence-electron chi connectivity index (χ1n) is 4.79. The van der Waals surface area contributed by atoms with E-state index in [-0.39, 0.29) is 17.1 Å². The van der Waals surface area contributed by atoms with E-state index >= 15 is 0 Å². The van der Waals surface area contributed by atoms with Gasteiger partial charge in [0, 0.05) is 17.8 Å². The minimum Gasteiger partial charge on any atom is -0.299 e. The van der Waals surface area contributed by atoms with Crippen LogP contribution in [0, 0.1) is 11.3 Å². The standard InChI is InChI=1S/C11H14O2/c1-7(12)9-5-8-3-4-11(9,2)6-10(8)13/h5,8H,3-4,6H2,1-2H3. The highest BCUT2D eigenvalue weighted by Crippen LogP contribution is 2.48. The molecule has 0 heterocycles. The topological polar surface area (TPSA) is 34.1 Å². The molecule has 1 fully saturated rings. The van der Waals surface area contributed by atoms with Crippen LogP contribution in [0.2, 0.25) is 0 Å². The molecule has 2 unspecified atom stereocenters. The van der Waals surface area contributed by atoms with Crippen LogP contribution in [-0.2, 0) is 9.59 Å². The van der Waals surface area contributed by atoms with Crippen molar-refractivity contribution in [2.24, 2.45) is 11.3 Å². The van der Waals surface area contributed by atoms with Gasteiger partial charge in [0.15, 0.2) is 5.78 Å². The number of fused-ring (bicyclic) bond motifs is 2. The molecule has 2 atom stereocenters. The molecule has 2 bridgehead atoms. The Morgan fingerprint density at radius 2 is 2.31 bits per heavy atom. The van der Waals surface area contributed by atoms with Crippen LogP contribution in [0.15, 0.2) is 11.6 Å². The monoisotopic (exact) mass is 178 g/mol. The molecule has 0 N–H and O–H groups in total. The zero-order valence-corrected chi connectivity index (χ0v) is 8.09. The summed E-state index contributed by atoms with van der Waals surface area (Å²) in [6.07, 6.45) is 4.40. The van der Waals surface area contributed by atoms with Crippen LogP contribution in [0.5, 0.6) is 0 Å². The Morgan fingerprint density at radius 1 is 1.62 bits per heavy atom. The van der Waals surface area contributed by atoms with Crippen LogP contribution >= 0.6 is 0 Å². The van der Waals surface area contributed by atoms with Gasteiger partial charge in [0.1, 0.15) is 5.78 Å². The molecule has 0 spiro atoms. The molecule has 0 aliphatic heterocycles. The van der Waals surface area contributed by atoms with E-state index in [9.17, 15) is 9.59 Å². The zero-order valence-electron chi connectivity index (χ0n) is 8.09. The van der Waals surface area contributed by atoms with E-state index in [1.54, 1.807) is 6.92 Å². The predicted molar refractivity (Wildman–Crippen MR) is 49.2 cm³/mol. The molecule has 0 aromatic carbocycles. The lowest BCUT2D eigenvalue weighted by atomic mass is 9.60. The third-order valence-electron chi connectivity index (χ3n) is 3.38. The maximum absolute atomic E-state index is 11.5. The largest absolute Gasteiger partial charge is 0.299 e. The van der Waals surface area contributed by atoms with Gasteiger partial charge in [0.05, 0.1) is 0 Å². The molecule has 0 aromatic rings.